The quantitative estimate of drug-likeness (QED) is 0.0304. The zero-order valence-corrected chi connectivity index (χ0v) is 61.6. The highest BCUT2D eigenvalue weighted by molar-refractivity contribution is 7.96. The summed E-state index contributed by atoms with van der Waals surface area (Å²) in [6.07, 6.45) is 27.2. The van der Waals surface area contributed by atoms with Gasteiger partial charge in [-0.25, -0.2) is 0 Å². The molecule has 0 spiro atoms. The minimum atomic E-state index is -2.44. The molecule has 1 aliphatic carbocycles. The van der Waals surface area contributed by atoms with Crippen molar-refractivity contribution in [2.45, 2.75) is 296 Å². The molecule has 5 aromatic rings. The number of nitrogens with one attached hydrogen (secondary N) is 1. The summed E-state index contributed by atoms with van der Waals surface area (Å²) in [5, 5.41) is 13.4. The minimum absolute atomic E-state index is 0.470. The fourth-order valence-electron chi connectivity index (χ4n) is 16.4. The molecule has 0 radical (unpaired) electrons. The van der Waals surface area contributed by atoms with Crippen molar-refractivity contribution in [3.63, 3.8) is 0 Å². The van der Waals surface area contributed by atoms with Crippen LogP contribution in [0.25, 0.3) is 0 Å². The summed E-state index contributed by atoms with van der Waals surface area (Å²) < 4.78 is 0. The zero-order valence-electron chi connectivity index (χ0n) is 55.9. The van der Waals surface area contributed by atoms with E-state index in [2.05, 4.69) is 204 Å². The fourth-order valence-corrected chi connectivity index (χ4v) is 47.1. The summed E-state index contributed by atoms with van der Waals surface area (Å²) in [5.41, 5.74) is 3.64. The maximum atomic E-state index is 5.25. The van der Waals surface area contributed by atoms with Gasteiger partial charge in [0, 0.05) is 6.42 Å². The summed E-state index contributed by atoms with van der Waals surface area (Å²) in [6, 6.07) is 70.3. The fraction of sp³-hybridized carbons (Fsp3) is 0.605. The first-order chi connectivity index (χ1) is 40.5. The summed E-state index contributed by atoms with van der Waals surface area (Å²) in [5.74, 6) is 0. The molecule has 1 nitrogen and oxygen atoms in total. The molecule has 0 saturated heterocycles. The SMILES string of the molecule is CCCC[Si](CCCC)(CCCC)c1cccc(P(N[P+](c2ccc([Si](CCC)(CCC)CCC)cc2)(c2ccc([Si](CCC)(CCC)CCC)cc2)C2CCc3ccccc3C2)c2cccc([Si](CCCC)(CCCC)CCCC)c2)c1. The zero-order chi connectivity index (χ0) is 59.6. The van der Waals surface area contributed by atoms with Crippen molar-refractivity contribution in [1.82, 2.24) is 4.86 Å². The second-order valence-electron chi connectivity index (χ2n) is 26.8. The Morgan fingerprint density at radius 2 is 0.675 bits per heavy atom. The van der Waals surface area contributed by atoms with E-state index in [0.29, 0.717) is 5.66 Å². The molecule has 7 heteroatoms. The first-order valence-electron chi connectivity index (χ1n) is 35.5. The molecule has 1 N–H and O–H groups in total. The second-order valence-corrected chi connectivity index (χ2v) is 51.0. The molecule has 83 heavy (non-hydrogen) atoms. The van der Waals surface area contributed by atoms with Gasteiger partial charge in [0.15, 0.2) is 7.41 Å². The van der Waals surface area contributed by atoms with Crippen LogP contribution in [-0.2, 0) is 12.8 Å². The molecule has 0 aromatic heterocycles. The molecule has 1 unspecified atom stereocenters. The maximum absolute atomic E-state index is 5.25. The third-order valence-electron chi connectivity index (χ3n) is 20.8. The number of rotatable bonds is 41. The molecule has 0 amide bonds. The third-order valence-corrected chi connectivity index (χ3v) is 51.0. The maximum Gasteiger partial charge on any atom is 0.153 e. The van der Waals surface area contributed by atoms with Crippen molar-refractivity contribution < 1.29 is 0 Å². The summed E-state index contributed by atoms with van der Waals surface area (Å²) in [6.45, 7) is 29.5. The van der Waals surface area contributed by atoms with Crippen LogP contribution in [0.1, 0.15) is 216 Å². The van der Waals surface area contributed by atoms with Crippen molar-refractivity contribution in [2.75, 3.05) is 0 Å². The third kappa shape index (κ3) is 17.4. The summed E-state index contributed by atoms with van der Waals surface area (Å²) >= 11 is 0. The van der Waals surface area contributed by atoms with Gasteiger partial charge in [0.2, 0.25) is 0 Å². The van der Waals surface area contributed by atoms with E-state index < -0.39 is 47.8 Å². The van der Waals surface area contributed by atoms with Gasteiger partial charge in [-0.3, -0.25) is 0 Å². The van der Waals surface area contributed by atoms with Crippen molar-refractivity contribution in [3.05, 3.63) is 132 Å². The van der Waals surface area contributed by atoms with E-state index in [1.165, 1.54) is 195 Å². The predicted molar refractivity (Wildman–Crippen MR) is 394 cm³/mol. The highest BCUT2D eigenvalue weighted by Gasteiger charge is 2.54. The highest BCUT2D eigenvalue weighted by Crippen LogP contribution is 2.64. The Kier molecular flexibility index (Phi) is 30.1. The van der Waals surface area contributed by atoms with Crippen LogP contribution in [-0.4, -0.2) is 38.0 Å². The number of benzene rings is 5. The number of hydrogen-bond acceptors (Lipinski definition) is 1. The van der Waals surface area contributed by atoms with Crippen LogP contribution in [0, 0.1) is 0 Å². The molecule has 0 heterocycles. The highest BCUT2D eigenvalue weighted by atomic mass is 31.2. The molecule has 0 bridgehead atoms. The molecule has 6 rings (SSSR count). The number of unbranched alkanes of at least 4 members (excludes halogenated alkanes) is 6. The molecule has 458 valence electrons. The van der Waals surface area contributed by atoms with Crippen LogP contribution < -0.4 is 46.8 Å². The van der Waals surface area contributed by atoms with Crippen LogP contribution in [0.5, 0.6) is 0 Å². The predicted octanol–water partition coefficient (Wildman–Crippen LogP) is 20.6. The Bertz CT molecular complexity index is 2370. The Labute approximate surface area is 519 Å². The Balaban J connectivity index is 1.78. The lowest BCUT2D eigenvalue weighted by Gasteiger charge is -2.41. The Morgan fingerprint density at radius 3 is 1.00 bits per heavy atom. The van der Waals surface area contributed by atoms with Gasteiger partial charge < -0.3 is 0 Å². The van der Waals surface area contributed by atoms with Gasteiger partial charge in [-0.2, -0.15) is 4.86 Å². The molecule has 0 saturated carbocycles. The van der Waals surface area contributed by atoms with Crippen LogP contribution in [0.4, 0.5) is 0 Å². The molecular weight excluding hydrogens is 1100 g/mol. The molecule has 5 aromatic carbocycles. The van der Waals surface area contributed by atoms with Crippen LogP contribution >= 0.6 is 15.5 Å². The number of aryl methyl sites for hydroxylation is 1. The standard InChI is InChI=1S/C76H124NP2Si4/c1-13-25-57-82(58-26-14-2,59-27-15-3)75-39-33-37-68(64-75)78(69-38-34-40-76(65-69)83(60-28-16-4,61-29-17-5)62-30-18-6)77-79(72-42-41-66-35-31-32-36-67(66)63-72,70-43-47-73(48-44-70)80(51-19-7,52-20-8)53-21-9)71-45-49-74(50-46-71)81(54-22-10,55-23-11)56-24-12/h31-40,43-50,64-65,72,77H,13-30,41-42,51-63H2,1-12H3/q+1. The first-order valence-corrected chi connectivity index (χ1v) is 49.1. The summed E-state index contributed by atoms with van der Waals surface area (Å²) in [7, 11) is -10.6. The van der Waals surface area contributed by atoms with Gasteiger partial charge in [-0.05, 0) is 58.8 Å². The Morgan fingerprint density at radius 1 is 0.349 bits per heavy atom. The van der Waals surface area contributed by atoms with Crippen LogP contribution in [0.15, 0.2) is 121 Å². The lowest BCUT2D eigenvalue weighted by Crippen LogP contribution is -2.50. The van der Waals surface area contributed by atoms with Crippen LogP contribution in [0.3, 0.4) is 0 Å². The largest absolute Gasteiger partial charge is 0.154 e. The van der Waals surface area contributed by atoms with E-state index in [1.54, 1.807) is 53.1 Å². The minimum Gasteiger partial charge on any atom is -0.154 e. The lowest BCUT2D eigenvalue weighted by molar-refractivity contribution is 0.690. The molecule has 0 aliphatic heterocycles. The molecule has 0 fully saturated rings. The molecule has 1 atom stereocenters. The van der Waals surface area contributed by atoms with Gasteiger partial charge >= 0.3 is 0 Å². The normalized spacial score (nSPS) is 14.4. The van der Waals surface area contributed by atoms with Crippen molar-refractivity contribution in [1.29, 1.82) is 0 Å². The van der Waals surface area contributed by atoms with Gasteiger partial charge in [-0.15, -0.1) is 0 Å². The van der Waals surface area contributed by atoms with Crippen molar-refractivity contribution in [2.24, 2.45) is 0 Å². The van der Waals surface area contributed by atoms with E-state index in [4.69, 9.17) is 4.86 Å². The van der Waals surface area contributed by atoms with Crippen LogP contribution in [0.2, 0.25) is 72.5 Å². The number of hydrogen-bond donors (Lipinski definition) is 1. The van der Waals surface area contributed by atoms with E-state index in [-0.39, 0.29) is 0 Å². The van der Waals surface area contributed by atoms with E-state index in [0.717, 1.165) is 12.8 Å². The van der Waals surface area contributed by atoms with Crippen molar-refractivity contribution >= 4 is 89.7 Å². The van der Waals surface area contributed by atoms with Gasteiger partial charge in [0.05, 0.1) is 46.0 Å². The Hall–Kier alpha value is -2.21. The summed E-state index contributed by atoms with van der Waals surface area (Å²) in [4.78, 5) is 5.25. The first kappa shape index (κ1) is 69.9. The molecule has 1 aliphatic rings. The van der Waals surface area contributed by atoms with Gasteiger partial charge in [0.25, 0.3) is 0 Å². The smallest absolute Gasteiger partial charge is 0.153 e. The van der Waals surface area contributed by atoms with E-state index in [9.17, 15) is 0 Å². The van der Waals surface area contributed by atoms with Gasteiger partial charge in [0.1, 0.15) is 10.6 Å². The van der Waals surface area contributed by atoms with Gasteiger partial charge in [-0.1, -0.05) is 389 Å². The van der Waals surface area contributed by atoms with E-state index in [1.807, 2.05) is 0 Å². The van der Waals surface area contributed by atoms with E-state index >= 15 is 0 Å². The topological polar surface area (TPSA) is 12.0 Å². The second kappa shape index (κ2) is 35.7. The monoisotopic (exact) mass is 1220 g/mol. The lowest BCUT2D eigenvalue weighted by atomic mass is 9.91. The molecular formula is C76H124NP2Si4+. The van der Waals surface area contributed by atoms with Crippen molar-refractivity contribution in [3.8, 4) is 0 Å². The average Bonchev–Trinajstić information content (AvgIpc) is 3.54. The number of fused-ring (bicyclic) bond motifs is 1. The average molecular weight is 1230 g/mol.